The molecule has 0 saturated heterocycles. The number of halogens is 1. The highest BCUT2D eigenvalue weighted by Gasteiger charge is 2.19. The third-order valence-corrected chi connectivity index (χ3v) is 4.39. The minimum atomic E-state index is -0.898. The molecule has 1 amide bonds. The molecule has 7 heteroatoms. The largest absolute Gasteiger partial charge is 0.481 e. The van der Waals surface area contributed by atoms with E-state index in [0.717, 1.165) is 10.4 Å². The topological polar surface area (TPSA) is 69.6 Å². The number of benzene rings is 1. The second-order valence-electron chi connectivity index (χ2n) is 5.45. The van der Waals surface area contributed by atoms with E-state index >= 15 is 0 Å². The van der Waals surface area contributed by atoms with Gasteiger partial charge in [-0.25, -0.2) is 4.39 Å². The summed E-state index contributed by atoms with van der Waals surface area (Å²) in [6, 6.07) is 9.46. The molecule has 0 spiro atoms. The first kappa shape index (κ1) is 18.1. The van der Waals surface area contributed by atoms with E-state index in [1.165, 1.54) is 23.5 Å². The monoisotopic (exact) mass is 350 g/mol. The SMILES string of the molecule is CN(CCC(=O)O)CC(=O)NC(c1ccc(F)cc1)c1cccs1. The smallest absolute Gasteiger partial charge is 0.304 e. The second-order valence-corrected chi connectivity index (χ2v) is 6.43. The summed E-state index contributed by atoms with van der Waals surface area (Å²) in [6.45, 7) is 0.388. The van der Waals surface area contributed by atoms with Crippen LogP contribution in [0.1, 0.15) is 22.9 Å². The zero-order valence-corrected chi connectivity index (χ0v) is 14.1. The lowest BCUT2D eigenvalue weighted by Crippen LogP contribution is -2.38. The number of carboxylic acid groups (broad SMARTS) is 1. The molecule has 0 saturated carbocycles. The molecular weight excluding hydrogens is 331 g/mol. The zero-order chi connectivity index (χ0) is 17.5. The lowest BCUT2D eigenvalue weighted by molar-refractivity contribution is -0.137. The van der Waals surface area contributed by atoms with E-state index in [0.29, 0.717) is 6.54 Å². The van der Waals surface area contributed by atoms with Crippen LogP contribution >= 0.6 is 11.3 Å². The molecule has 1 atom stereocenters. The van der Waals surface area contributed by atoms with Crippen molar-refractivity contribution in [3.63, 3.8) is 0 Å². The molecular formula is C17H19FN2O3S. The molecule has 0 aliphatic heterocycles. The van der Waals surface area contributed by atoms with Crippen molar-refractivity contribution < 1.29 is 19.1 Å². The molecule has 0 aliphatic carbocycles. The van der Waals surface area contributed by atoms with Gasteiger partial charge in [-0.3, -0.25) is 14.5 Å². The lowest BCUT2D eigenvalue weighted by Gasteiger charge is -2.21. The van der Waals surface area contributed by atoms with Gasteiger partial charge in [-0.1, -0.05) is 18.2 Å². The fourth-order valence-corrected chi connectivity index (χ4v) is 3.05. The van der Waals surface area contributed by atoms with Gasteiger partial charge in [0.05, 0.1) is 19.0 Å². The van der Waals surface area contributed by atoms with E-state index in [2.05, 4.69) is 5.32 Å². The Bertz CT molecular complexity index is 674. The van der Waals surface area contributed by atoms with Gasteiger partial charge in [0, 0.05) is 11.4 Å². The Hall–Kier alpha value is -2.25. The predicted octanol–water partition coefficient (Wildman–Crippen LogP) is 2.50. The third kappa shape index (κ3) is 5.43. The molecule has 0 radical (unpaired) electrons. The molecule has 128 valence electrons. The van der Waals surface area contributed by atoms with Crippen molar-refractivity contribution in [3.8, 4) is 0 Å². The summed E-state index contributed by atoms with van der Waals surface area (Å²) in [7, 11) is 1.70. The number of nitrogens with one attached hydrogen (secondary N) is 1. The Morgan fingerprint density at radius 2 is 2.00 bits per heavy atom. The summed E-state index contributed by atoms with van der Waals surface area (Å²) in [5.41, 5.74) is 0.792. The van der Waals surface area contributed by atoms with Crippen molar-refractivity contribution in [1.82, 2.24) is 10.2 Å². The van der Waals surface area contributed by atoms with Crippen molar-refractivity contribution >= 4 is 23.2 Å². The second kappa shape index (κ2) is 8.56. The van der Waals surface area contributed by atoms with Crippen LogP contribution in [0.2, 0.25) is 0 Å². The van der Waals surface area contributed by atoms with Crippen LogP contribution in [0.5, 0.6) is 0 Å². The fraction of sp³-hybridized carbons (Fsp3) is 0.294. The number of thiophene rings is 1. The number of hydrogen-bond donors (Lipinski definition) is 2. The van der Waals surface area contributed by atoms with Crippen LogP contribution in [0.3, 0.4) is 0 Å². The summed E-state index contributed by atoms with van der Waals surface area (Å²) in [5, 5.41) is 13.5. The van der Waals surface area contributed by atoms with E-state index in [1.807, 2.05) is 17.5 Å². The molecule has 2 N–H and O–H groups in total. The van der Waals surface area contributed by atoms with Gasteiger partial charge < -0.3 is 10.4 Å². The van der Waals surface area contributed by atoms with E-state index in [4.69, 9.17) is 5.11 Å². The predicted molar refractivity (Wildman–Crippen MR) is 90.5 cm³/mol. The van der Waals surface area contributed by atoms with E-state index < -0.39 is 5.97 Å². The van der Waals surface area contributed by atoms with Gasteiger partial charge in [0.2, 0.25) is 5.91 Å². The van der Waals surface area contributed by atoms with E-state index in [9.17, 15) is 14.0 Å². The molecule has 0 bridgehead atoms. The van der Waals surface area contributed by atoms with Crippen molar-refractivity contribution in [2.75, 3.05) is 20.1 Å². The standard InChI is InChI=1S/C17H19FN2O3S/c1-20(9-8-16(22)23)11-15(21)19-17(14-3-2-10-24-14)12-4-6-13(18)7-5-12/h2-7,10,17H,8-9,11H2,1H3,(H,19,21)(H,22,23). The van der Waals surface area contributed by atoms with Crippen LogP contribution in [0.15, 0.2) is 41.8 Å². The number of likely N-dealkylation sites (N-methyl/N-ethyl adjacent to an activating group) is 1. The summed E-state index contributed by atoms with van der Waals surface area (Å²) < 4.78 is 13.1. The Balaban J connectivity index is 2.04. The highest BCUT2D eigenvalue weighted by atomic mass is 32.1. The number of amides is 1. The van der Waals surface area contributed by atoms with Gasteiger partial charge in [0.1, 0.15) is 5.82 Å². The number of hydrogen-bond acceptors (Lipinski definition) is 4. The third-order valence-electron chi connectivity index (χ3n) is 3.46. The first-order valence-corrected chi connectivity index (χ1v) is 8.32. The highest BCUT2D eigenvalue weighted by Crippen LogP contribution is 2.26. The van der Waals surface area contributed by atoms with Crippen molar-refractivity contribution in [2.45, 2.75) is 12.5 Å². The molecule has 1 aromatic carbocycles. The average Bonchev–Trinajstić information content (AvgIpc) is 3.06. The average molecular weight is 350 g/mol. The first-order valence-electron chi connectivity index (χ1n) is 7.44. The highest BCUT2D eigenvalue weighted by molar-refractivity contribution is 7.10. The summed E-state index contributed by atoms with van der Waals surface area (Å²) >= 11 is 1.51. The Labute approximate surface area is 143 Å². The number of carboxylic acids is 1. The molecule has 1 unspecified atom stereocenters. The molecule has 2 rings (SSSR count). The number of carbonyl (C=O) groups excluding carboxylic acids is 1. The molecule has 5 nitrogen and oxygen atoms in total. The lowest BCUT2D eigenvalue weighted by atomic mass is 10.1. The van der Waals surface area contributed by atoms with Gasteiger partial charge in [0.15, 0.2) is 0 Å². The molecule has 0 aliphatic rings. The number of carbonyl (C=O) groups is 2. The maximum atomic E-state index is 13.1. The fourth-order valence-electron chi connectivity index (χ4n) is 2.25. The molecule has 24 heavy (non-hydrogen) atoms. The molecule has 0 fully saturated rings. The number of aliphatic carboxylic acids is 1. The quantitative estimate of drug-likeness (QED) is 0.767. The van der Waals surface area contributed by atoms with Gasteiger partial charge in [0.25, 0.3) is 0 Å². The molecule has 2 aromatic rings. The van der Waals surface area contributed by atoms with Crippen LogP contribution in [-0.2, 0) is 9.59 Å². The first-order chi connectivity index (χ1) is 11.5. The maximum absolute atomic E-state index is 13.1. The van der Waals surface area contributed by atoms with Gasteiger partial charge in [-0.2, -0.15) is 0 Å². The van der Waals surface area contributed by atoms with Gasteiger partial charge >= 0.3 is 5.97 Å². The van der Waals surface area contributed by atoms with E-state index in [1.54, 1.807) is 24.1 Å². The number of rotatable bonds is 8. The molecule has 1 aromatic heterocycles. The summed E-state index contributed by atoms with van der Waals surface area (Å²) in [4.78, 5) is 25.5. The van der Waals surface area contributed by atoms with Crippen LogP contribution in [-0.4, -0.2) is 42.0 Å². The minimum absolute atomic E-state index is 0.0178. The zero-order valence-electron chi connectivity index (χ0n) is 13.2. The molecule has 1 heterocycles. The minimum Gasteiger partial charge on any atom is -0.481 e. The van der Waals surface area contributed by atoms with Crippen LogP contribution in [0.25, 0.3) is 0 Å². The van der Waals surface area contributed by atoms with Crippen molar-refractivity contribution in [2.24, 2.45) is 0 Å². The Morgan fingerprint density at radius 3 is 2.58 bits per heavy atom. The van der Waals surface area contributed by atoms with Crippen molar-refractivity contribution in [3.05, 3.63) is 58.0 Å². The Morgan fingerprint density at radius 1 is 1.29 bits per heavy atom. The Kier molecular flexibility index (Phi) is 6.45. The van der Waals surface area contributed by atoms with Crippen LogP contribution in [0.4, 0.5) is 4.39 Å². The van der Waals surface area contributed by atoms with Gasteiger partial charge in [-0.15, -0.1) is 11.3 Å². The normalized spacial score (nSPS) is 12.1. The van der Waals surface area contributed by atoms with Crippen molar-refractivity contribution in [1.29, 1.82) is 0 Å². The van der Waals surface area contributed by atoms with E-state index in [-0.39, 0.29) is 30.7 Å². The van der Waals surface area contributed by atoms with Crippen LogP contribution in [0, 0.1) is 5.82 Å². The van der Waals surface area contributed by atoms with Crippen LogP contribution < -0.4 is 5.32 Å². The summed E-state index contributed by atoms with van der Waals surface area (Å²) in [6.07, 6.45) is -0.0178. The maximum Gasteiger partial charge on any atom is 0.304 e. The summed E-state index contributed by atoms with van der Waals surface area (Å²) in [5.74, 6) is -1.45. The van der Waals surface area contributed by atoms with Gasteiger partial charge in [-0.05, 0) is 36.2 Å². The number of nitrogens with zero attached hydrogens (tertiary/aromatic N) is 1.